The van der Waals surface area contributed by atoms with Gasteiger partial charge in [-0.1, -0.05) is 6.07 Å². The fourth-order valence-corrected chi connectivity index (χ4v) is 1.94. The molecule has 2 heterocycles. The van der Waals surface area contributed by atoms with Crippen LogP contribution in [-0.4, -0.2) is 40.4 Å². The molecule has 0 aromatic carbocycles. The van der Waals surface area contributed by atoms with E-state index in [1.165, 1.54) is 7.11 Å². The van der Waals surface area contributed by atoms with Crippen molar-refractivity contribution in [1.82, 2.24) is 14.9 Å². The highest BCUT2D eigenvalue weighted by molar-refractivity contribution is 5.94. The molecular formula is C16H17N3O3. The Kier molecular flexibility index (Phi) is 5.59. The van der Waals surface area contributed by atoms with Crippen molar-refractivity contribution in [3.8, 4) is 0 Å². The molecule has 0 N–H and O–H groups in total. The van der Waals surface area contributed by atoms with Gasteiger partial charge in [0.05, 0.1) is 25.8 Å². The Morgan fingerprint density at radius 2 is 1.91 bits per heavy atom. The first-order valence-electron chi connectivity index (χ1n) is 6.86. The Hall–Kier alpha value is -2.76. The van der Waals surface area contributed by atoms with Gasteiger partial charge >= 0.3 is 5.97 Å². The van der Waals surface area contributed by atoms with Crippen LogP contribution in [0.3, 0.4) is 0 Å². The Bertz CT molecular complexity index is 617. The first-order chi connectivity index (χ1) is 10.7. The molecule has 0 spiro atoms. The minimum Gasteiger partial charge on any atom is -0.469 e. The van der Waals surface area contributed by atoms with Gasteiger partial charge in [0.25, 0.3) is 5.91 Å². The summed E-state index contributed by atoms with van der Waals surface area (Å²) in [5.41, 5.74) is 1.28. The number of ether oxygens (including phenoxy) is 1. The Morgan fingerprint density at radius 3 is 2.55 bits per heavy atom. The van der Waals surface area contributed by atoms with Gasteiger partial charge in [-0.2, -0.15) is 0 Å². The molecule has 114 valence electrons. The molecule has 22 heavy (non-hydrogen) atoms. The minimum absolute atomic E-state index is 0.139. The third kappa shape index (κ3) is 4.37. The van der Waals surface area contributed by atoms with Crippen LogP contribution in [0.15, 0.2) is 48.9 Å². The molecule has 1 amide bonds. The number of carbonyl (C=O) groups excluding carboxylic acids is 2. The van der Waals surface area contributed by atoms with Gasteiger partial charge in [0.1, 0.15) is 0 Å². The molecule has 0 aliphatic carbocycles. The molecule has 0 aliphatic heterocycles. The van der Waals surface area contributed by atoms with Crippen molar-refractivity contribution in [3.05, 3.63) is 60.2 Å². The van der Waals surface area contributed by atoms with E-state index in [4.69, 9.17) is 0 Å². The monoisotopic (exact) mass is 299 g/mol. The number of methoxy groups -OCH3 is 1. The molecular weight excluding hydrogens is 282 g/mol. The summed E-state index contributed by atoms with van der Waals surface area (Å²) < 4.78 is 4.63. The number of carbonyl (C=O) groups is 2. The molecule has 0 atom stereocenters. The van der Waals surface area contributed by atoms with E-state index in [-0.39, 0.29) is 24.8 Å². The van der Waals surface area contributed by atoms with Crippen molar-refractivity contribution in [1.29, 1.82) is 0 Å². The lowest BCUT2D eigenvalue weighted by Crippen LogP contribution is -2.33. The average molecular weight is 299 g/mol. The number of hydrogen-bond donors (Lipinski definition) is 0. The van der Waals surface area contributed by atoms with Crippen LogP contribution in [0.2, 0.25) is 0 Å². The van der Waals surface area contributed by atoms with Gasteiger partial charge < -0.3 is 9.64 Å². The average Bonchev–Trinajstić information content (AvgIpc) is 2.59. The molecule has 0 unspecified atom stereocenters. The van der Waals surface area contributed by atoms with Gasteiger partial charge in [-0.15, -0.1) is 0 Å². The maximum absolute atomic E-state index is 12.6. The molecule has 6 nitrogen and oxygen atoms in total. The molecule has 0 bridgehead atoms. The maximum Gasteiger partial charge on any atom is 0.307 e. The van der Waals surface area contributed by atoms with Gasteiger partial charge in [0.2, 0.25) is 0 Å². The van der Waals surface area contributed by atoms with Gasteiger partial charge in [0, 0.05) is 30.7 Å². The normalized spacial score (nSPS) is 10.0. The Balaban J connectivity index is 2.13. The number of aromatic nitrogens is 2. The van der Waals surface area contributed by atoms with Gasteiger partial charge in [-0.3, -0.25) is 19.6 Å². The molecule has 0 saturated carbocycles. The van der Waals surface area contributed by atoms with Crippen LogP contribution in [0.25, 0.3) is 0 Å². The Labute approximate surface area is 128 Å². The molecule has 0 fully saturated rings. The van der Waals surface area contributed by atoms with Crippen molar-refractivity contribution in [3.63, 3.8) is 0 Å². The van der Waals surface area contributed by atoms with E-state index in [0.29, 0.717) is 12.1 Å². The highest BCUT2D eigenvalue weighted by Crippen LogP contribution is 2.09. The van der Waals surface area contributed by atoms with E-state index < -0.39 is 0 Å². The lowest BCUT2D eigenvalue weighted by atomic mass is 10.2. The SMILES string of the molecule is COC(=O)CCN(Cc1ccccn1)C(=O)c1ccncc1. The predicted octanol–water partition coefficient (Wildman–Crippen LogP) is 1.68. The van der Waals surface area contributed by atoms with Crippen LogP contribution in [0.1, 0.15) is 22.5 Å². The van der Waals surface area contributed by atoms with Crippen molar-refractivity contribution in [2.24, 2.45) is 0 Å². The second-order valence-electron chi connectivity index (χ2n) is 4.61. The number of esters is 1. The number of amides is 1. The zero-order valence-electron chi connectivity index (χ0n) is 12.3. The lowest BCUT2D eigenvalue weighted by Gasteiger charge is -2.22. The van der Waals surface area contributed by atoms with Crippen molar-refractivity contribution in [2.45, 2.75) is 13.0 Å². The van der Waals surface area contributed by atoms with Crippen LogP contribution >= 0.6 is 0 Å². The van der Waals surface area contributed by atoms with Gasteiger partial charge in [-0.25, -0.2) is 0 Å². The number of nitrogens with zero attached hydrogens (tertiary/aromatic N) is 3. The maximum atomic E-state index is 12.6. The number of pyridine rings is 2. The van der Waals surface area contributed by atoms with Crippen LogP contribution < -0.4 is 0 Å². The summed E-state index contributed by atoms with van der Waals surface area (Å²) in [5.74, 6) is -0.523. The smallest absolute Gasteiger partial charge is 0.307 e. The zero-order valence-corrected chi connectivity index (χ0v) is 12.3. The fraction of sp³-hybridized carbons (Fsp3) is 0.250. The van der Waals surface area contributed by atoms with Crippen molar-refractivity contribution < 1.29 is 14.3 Å². The van der Waals surface area contributed by atoms with Gasteiger partial charge in [-0.05, 0) is 24.3 Å². The summed E-state index contributed by atoms with van der Waals surface area (Å²) in [5, 5.41) is 0. The summed E-state index contributed by atoms with van der Waals surface area (Å²) in [6.45, 7) is 0.601. The molecule has 0 saturated heterocycles. The zero-order chi connectivity index (χ0) is 15.8. The summed E-state index contributed by atoms with van der Waals surface area (Å²) in [7, 11) is 1.33. The number of rotatable bonds is 6. The van der Waals surface area contributed by atoms with Gasteiger partial charge in [0.15, 0.2) is 0 Å². The summed E-state index contributed by atoms with van der Waals surface area (Å²) >= 11 is 0. The molecule has 0 radical (unpaired) electrons. The van der Waals surface area contributed by atoms with Crippen LogP contribution in [-0.2, 0) is 16.1 Å². The molecule has 2 rings (SSSR count). The van der Waals surface area contributed by atoms with E-state index in [2.05, 4.69) is 14.7 Å². The second kappa shape index (κ2) is 7.87. The molecule has 6 heteroatoms. The molecule has 2 aromatic rings. The first kappa shape index (κ1) is 15.6. The van der Waals surface area contributed by atoms with E-state index in [1.807, 2.05) is 18.2 Å². The highest BCUT2D eigenvalue weighted by atomic mass is 16.5. The van der Waals surface area contributed by atoms with E-state index in [1.54, 1.807) is 35.6 Å². The third-order valence-electron chi connectivity index (χ3n) is 3.11. The first-order valence-corrected chi connectivity index (χ1v) is 6.86. The molecule has 0 aliphatic rings. The molecule has 2 aromatic heterocycles. The topological polar surface area (TPSA) is 72.4 Å². The summed E-state index contributed by atoms with van der Waals surface area (Å²) in [6.07, 6.45) is 4.93. The van der Waals surface area contributed by atoms with Crippen LogP contribution in [0.4, 0.5) is 0 Å². The quantitative estimate of drug-likeness (QED) is 0.759. The standard InChI is InChI=1S/C16H17N3O3/c1-22-15(20)7-11-19(12-14-4-2-3-8-18-14)16(21)13-5-9-17-10-6-13/h2-6,8-10H,7,11-12H2,1H3. The summed E-state index contributed by atoms with van der Waals surface area (Å²) in [4.78, 5) is 33.6. The highest BCUT2D eigenvalue weighted by Gasteiger charge is 2.17. The predicted molar refractivity (Wildman–Crippen MR) is 79.8 cm³/mol. The summed E-state index contributed by atoms with van der Waals surface area (Å²) in [6, 6.07) is 8.80. The van der Waals surface area contributed by atoms with Crippen molar-refractivity contribution >= 4 is 11.9 Å². The second-order valence-corrected chi connectivity index (χ2v) is 4.61. The lowest BCUT2D eigenvalue weighted by molar-refractivity contribution is -0.140. The van der Waals surface area contributed by atoms with Crippen molar-refractivity contribution in [2.75, 3.05) is 13.7 Å². The van der Waals surface area contributed by atoms with Crippen LogP contribution in [0, 0.1) is 0 Å². The van der Waals surface area contributed by atoms with E-state index in [9.17, 15) is 9.59 Å². The van der Waals surface area contributed by atoms with E-state index >= 15 is 0 Å². The largest absolute Gasteiger partial charge is 0.469 e. The number of hydrogen-bond acceptors (Lipinski definition) is 5. The Morgan fingerprint density at radius 1 is 1.14 bits per heavy atom. The minimum atomic E-state index is -0.353. The fourth-order valence-electron chi connectivity index (χ4n) is 1.94. The van der Waals surface area contributed by atoms with Crippen LogP contribution in [0.5, 0.6) is 0 Å². The van der Waals surface area contributed by atoms with E-state index in [0.717, 1.165) is 5.69 Å². The third-order valence-corrected chi connectivity index (χ3v) is 3.11.